The number of rotatable bonds is 4. The van der Waals surface area contributed by atoms with E-state index in [-0.39, 0.29) is 23.9 Å². The van der Waals surface area contributed by atoms with E-state index in [9.17, 15) is 9.18 Å². The molecule has 5 nitrogen and oxygen atoms in total. The molecule has 0 fully saturated rings. The number of esters is 1. The number of imidazole rings is 1. The molecule has 0 spiro atoms. The van der Waals surface area contributed by atoms with Crippen molar-refractivity contribution in [3.63, 3.8) is 0 Å². The van der Waals surface area contributed by atoms with Gasteiger partial charge in [-0.05, 0) is 31.5 Å². The van der Waals surface area contributed by atoms with Crippen molar-refractivity contribution in [2.75, 3.05) is 12.3 Å². The predicted octanol–water partition coefficient (Wildman–Crippen LogP) is 2.14. The highest BCUT2D eigenvalue weighted by molar-refractivity contribution is 5.92. The van der Waals surface area contributed by atoms with Crippen molar-refractivity contribution in [1.29, 1.82) is 0 Å². The Morgan fingerprint density at radius 1 is 1.40 bits per heavy atom. The number of hydrogen-bond donors (Lipinski definition) is 1. The zero-order valence-electron chi connectivity index (χ0n) is 11.4. The number of aromatic nitrogens is 2. The van der Waals surface area contributed by atoms with Crippen LogP contribution in [0.4, 0.5) is 10.2 Å². The molecule has 1 aromatic carbocycles. The zero-order chi connectivity index (χ0) is 14.7. The van der Waals surface area contributed by atoms with E-state index in [1.807, 2.05) is 0 Å². The molecule has 2 rings (SSSR count). The van der Waals surface area contributed by atoms with Crippen molar-refractivity contribution in [1.82, 2.24) is 9.55 Å². The Labute approximate surface area is 116 Å². The van der Waals surface area contributed by atoms with Crippen LogP contribution in [-0.2, 0) is 11.3 Å². The summed E-state index contributed by atoms with van der Waals surface area (Å²) in [4.78, 5) is 15.8. The van der Waals surface area contributed by atoms with Crippen LogP contribution in [0.3, 0.4) is 0 Å². The van der Waals surface area contributed by atoms with Crippen LogP contribution in [-0.4, -0.2) is 22.1 Å². The molecule has 1 heterocycles. The number of anilines is 1. The van der Waals surface area contributed by atoms with Crippen LogP contribution in [0.1, 0.15) is 28.8 Å². The molecule has 0 unspecified atom stereocenters. The fourth-order valence-corrected chi connectivity index (χ4v) is 1.90. The van der Waals surface area contributed by atoms with Gasteiger partial charge in [0.05, 0.1) is 13.2 Å². The number of halogens is 1. The van der Waals surface area contributed by atoms with E-state index in [2.05, 4.69) is 4.98 Å². The number of ether oxygens (including phenoxy) is 1. The Hall–Kier alpha value is -2.37. The highest BCUT2D eigenvalue weighted by Crippen LogP contribution is 2.17. The molecular weight excluding hydrogens is 261 g/mol. The number of nitrogen functional groups attached to an aromatic ring is 1. The van der Waals surface area contributed by atoms with Crippen LogP contribution in [0.25, 0.3) is 0 Å². The van der Waals surface area contributed by atoms with Crippen LogP contribution in [0, 0.1) is 12.7 Å². The van der Waals surface area contributed by atoms with E-state index in [0.29, 0.717) is 12.4 Å². The molecule has 1 aromatic heterocycles. The second kappa shape index (κ2) is 5.73. The van der Waals surface area contributed by atoms with Crippen LogP contribution >= 0.6 is 0 Å². The number of hydrogen-bond acceptors (Lipinski definition) is 4. The third-order valence-corrected chi connectivity index (χ3v) is 2.92. The van der Waals surface area contributed by atoms with Gasteiger partial charge in [0.1, 0.15) is 17.5 Å². The standard InChI is InChI=1S/C14H16FN3O2/c1-3-20-14(19)12-13(16)18(9(2)17-12)8-10-4-6-11(15)7-5-10/h4-7H,3,8,16H2,1-2H3. The van der Waals surface area contributed by atoms with Gasteiger partial charge in [0.25, 0.3) is 0 Å². The van der Waals surface area contributed by atoms with Crippen LogP contribution < -0.4 is 5.73 Å². The van der Waals surface area contributed by atoms with E-state index in [0.717, 1.165) is 5.56 Å². The van der Waals surface area contributed by atoms with Crippen LogP contribution in [0.5, 0.6) is 0 Å². The van der Waals surface area contributed by atoms with Crippen LogP contribution in [0.2, 0.25) is 0 Å². The van der Waals surface area contributed by atoms with Crippen molar-refractivity contribution in [2.24, 2.45) is 0 Å². The lowest BCUT2D eigenvalue weighted by molar-refractivity contribution is 0.0521. The minimum atomic E-state index is -0.536. The highest BCUT2D eigenvalue weighted by Gasteiger charge is 2.19. The van der Waals surface area contributed by atoms with Crippen molar-refractivity contribution in [3.8, 4) is 0 Å². The molecule has 0 saturated carbocycles. The molecule has 2 aromatic rings. The second-order valence-corrected chi connectivity index (χ2v) is 4.33. The summed E-state index contributed by atoms with van der Waals surface area (Å²) >= 11 is 0. The number of aryl methyl sites for hydroxylation is 1. The van der Waals surface area contributed by atoms with Gasteiger partial charge in [0, 0.05) is 0 Å². The maximum absolute atomic E-state index is 12.9. The van der Waals surface area contributed by atoms with Crippen molar-refractivity contribution >= 4 is 11.8 Å². The average Bonchev–Trinajstić information content (AvgIpc) is 2.69. The Morgan fingerprint density at radius 3 is 2.65 bits per heavy atom. The number of carbonyl (C=O) groups excluding carboxylic acids is 1. The number of nitrogens with two attached hydrogens (primary N) is 1. The lowest BCUT2D eigenvalue weighted by Gasteiger charge is -2.08. The first-order valence-corrected chi connectivity index (χ1v) is 6.27. The number of benzene rings is 1. The highest BCUT2D eigenvalue weighted by atomic mass is 19.1. The molecular formula is C14H16FN3O2. The van der Waals surface area contributed by atoms with Crippen molar-refractivity contribution in [2.45, 2.75) is 20.4 Å². The molecule has 0 radical (unpaired) electrons. The molecule has 0 amide bonds. The van der Waals surface area contributed by atoms with Gasteiger partial charge in [-0.25, -0.2) is 14.2 Å². The van der Waals surface area contributed by atoms with Gasteiger partial charge < -0.3 is 15.0 Å². The lowest BCUT2D eigenvalue weighted by atomic mass is 10.2. The fourth-order valence-electron chi connectivity index (χ4n) is 1.90. The molecule has 0 aliphatic carbocycles. The molecule has 0 aliphatic heterocycles. The topological polar surface area (TPSA) is 70.1 Å². The Bertz CT molecular complexity index is 620. The summed E-state index contributed by atoms with van der Waals surface area (Å²) in [5.41, 5.74) is 6.93. The summed E-state index contributed by atoms with van der Waals surface area (Å²) in [6.07, 6.45) is 0. The van der Waals surface area contributed by atoms with Gasteiger partial charge in [-0.2, -0.15) is 0 Å². The van der Waals surface area contributed by atoms with Gasteiger partial charge in [0.2, 0.25) is 0 Å². The van der Waals surface area contributed by atoms with Crippen molar-refractivity contribution in [3.05, 3.63) is 47.2 Å². The van der Waals surface area contributed by atoms with E-state index < -0.39 is 5.97 Å². The van der Waals surface area contributed by atoms with Gasteiger partial charge in [0.15, 0.2) is 5.69 Å². The molecule has 0 aliphatic rings. The molecule has 2 N–H and O–H groups in total. The molecule has 20 heavy (non-hydrogen) atoms. The summed E-state index contributed by atoms with van der Waals surface area (Å²) in [6.45, 7) is 4.16. The van der Waals surface area contributed by atoms with Gasteiger partial charge >= 0.3 is 5.97 Å². The second-order valence-electron chi connectivity index (χ2n) is 4.33. The predicted molar refractivity (Wildman–Crippen MR) is 72.8 cm³/mol. The summed E-state index contributed by atoms with van der Waals surface area (Å²) in [6, 6.07) is 6.09. The maximum atomic E-state index is 12.9. The first kappa shape index (κ1) is 14.0. The zero-order valence-corrected chi connectivity index (χ0v) is 11.4. The molecule has 0 atom stereocenters. The van der Waals surface area contributed by atoms with Crippen molar-refractivity contribution < 1.29 is 13.9 Å². The number of nitrogens with zero attached hydrogens (tertiary/aromatic N) is 2. The fraction of sp³-hybridized carbons (Fsp3) is 0.286. The minimum absolute atomic E-state index is 0.117. The summed E-state index contributed by atoms with van der Waals surface area (Å²) in [5, 5.41) is 0. The smallest absolute Gasteiger partial charge is 0.360 e. The summed E-state index contributed by atoms with van der Waals surface area (Å²) in [5.74, 6) is 0.0300. The summed E-state index contributed by atoms with van der Waals surface area (Å²) in [7, 11) is 0. The Kier molecular flexibility index (Phi) is 4.02. The van der Waals surface area contributed by atoms with E-state index in [1.54, 1.807) is 30.5 Å². The molecule has 106 valence electrons. The van der Waals surface area contributed by atoms with E-state index in [1.165, 1.54) is 12.1 Å². The Balaban J connectivity index is 2.28. The quantitative estimate of drug-likeness (QED) is 0.869. The Morgan fingerprint density at radius 2 is 2.05 bits per heavy atom. The average molecular weight is 277 g/mol. The largest absolute Gasteiger partial charge is 0.461 e. The molecule has 0 bridgehead atoms. The first-order chi connectivity index (χ1) is 9.52. The normalized spacial score (nSPS) is 10.6. The molecule has 0 saturated heterocycles. The third-order valence-electron chi connectivity index (χ3n) is 2.92. The van der Waals surface area contributed by atoms with Gasteiger partial charge in [-0.15, -0.1) is 0 Å². The van der Waals surface area contributed by atoms with E-state index in [4.69, 9.17) is 10.5 Å². The first-order valence-electron chi connectivity index (χ1n) is 6.27. The molecule has 6 heteroatoms. The van der Waals surface area contributed by atoms with E-state index >= 15 is 0 Å². The van der Waals surface area contributed by atoms with Gasteiger partial charge in [-0.3, -0.25) is 0 Å². The third kappa shape index (κ3) is 2.79. The maximum Gasteiger partial charge on any atom is 0.360 e. The SMILES string of the molecule is CCOC(=O)c1nc(C)n(Cc2ccc(F)cc2)c1N. The monoisotopic (exact) mass is 277 g/mol. The number of carbonyl (C=O) groups is 1. The van der Waals surface area contributed by atoms with Crippen LogP contribution in [0.15, 0.2) is 24.3 Å². The van der Waals surface area contributed by atoms with Gasteiger partial charge in [-0.1, -0.05) is 12.1 Å². The lowest BCUT2D eigenvalue weighted by Crippen LogP contribution is -2.10. The summed E-state index contributed by atoms with van der Waals surface area (Å²) < 4.78 is 19.5. The minimum Gasteiger partial charge on any atom is -0.461 e.